The van der Waals surface area contributed by atoms with E-state index in [4.69, 9.17) is 4.74 Å². The summed E-state index contributed by atoms with van der Waals surface area (Å²) in [6, 6.07) is 0.641. The van der Waals surface area contributed by atoms with Crippen LogP contribution >= 0.6 is 11.3 Å². The molecule has 0 atom stereocenters. The Balaban J connectivity index is 1.69. The third-order valence-electron chi connectivity index (χ3n) is 2.66. The number of nitrogens with zero attached hydrogens (tertiary/aromatic N) is 1. The molecule has 0 unspecified atom stereocenters. The number of thiazole rings is 1. The number of aromatic nitrogens is 1. The van der Waals surface area contributed by atoms with Crippen molar-refractivity contribution in [2.24, 2.45) is 0 Å². The Hall–Kier alpha value is -0.450. The van der Waals surface area contributed by atoms with Gasteiger partial charge in [-0.3, -0.25) is 0 Å². The third kappa shape index (κ3) is 2.32. The number of nitrogens with one attached hydrogen (secondary N) is 1. The van der Waals surface area contributed by atoms with Crippen LogP contribution in [0, 0.1) is 6.92 Å². The van der Waals surface area contributed by atoms with Gasteiger partial charge in [-0.15, -0.1) is 11.3 Å². The molecular formula is C10H16N2OS. The zero-order valence-corrected chi connectivity index (χ0v) is 9.43. The summed E-state index contributed by atoms with van der Waals surface area (Å²) in [5.41, 5.74) is 0. The fourth-order valence-corrected chi connectivity index (χ4v) is 2.40. The number of hydrogen-bond donors (Lipinski definition) is 1. The molecule has 1 aromatic rings. The molecule has 0 aliphatic heterocycles. The highest BCUT2D eigenvalue weighted by molar-refractivity contribution is 7.11. The molecule has 2 rings (SSSR count). The lowest BCUT2D eigenvalue weighted by Crippen LogP contribution is -2.44. The van der Waals surface area contributed by atoms with Gasteiger partial charge in [-0.05, 0) is 19.8 Å². The predicted molar refractivity (Wildman–Crippen MR) is 57.5 cm³/mol. The van der Waals surface area contributed by atoms with Crippen LogP contribution in [0.5, 0.6) is 0 Å². The summed E-state index contributed by atoms with van der Waals surface area (Å²) in [5.74, 6) is 0. The Bertz CT molecular complexity index is 294. The van der Waals surface area contributed by atoms with E-state index in [9.17, 15) is 0 Å². The van der Waals surface area contributed by atoms with Crippen LogP contribution in [0.3, 0.4) is 0 Å². The normalized spacial score (nSPS) is 26.1. The topological polar surface area (TPSA) is 34.1 Å². The van der Waals surface area contributed by atoms with Crippen LogP contribution < -0.4 is 5.32 Å². The van der Waals surface area contributed by atoms with Gasteiger partial charge in [0.25, 0.3) is 0 Å². The monoisotopic (exact) mass is 212 g/mol. The second-order valence-electron chi connectivity index (χ2n) is 3.75. The Morgan fingerprint density at radius 1 is 1.64 bits per heavy atom. The molecule has 1 heterocycles. The van der Waals surface area contributed by atoms with Gasteiger partial charge in [-0.25, -0.2) is 4.98 Å². The van der Waals surface area contributed by atoms with Crippen molar-refractivity contribution in [1.82, 2.24) is 10.3 Å². The van der Waals surface area contributed by atoms with E-state index in [0.29, 0.717) is 12.1 Å². The van der Waals surface area contributed by atoms with Gasteiger partial charge in [0, 0.05) is 30.8 Å². The van der Waals surface area contributed by atoms with Crippen molar-refractivity contribution in [3.63, 3.8) is 0 Å². The number of aryl methyl sites for hydroxylation is 1. The van der Waals surface area contributed by atoms with Gasteiger partial charge in [0.1, 0.15) is 0 Å². The second-order valence-corrected chi connectivity index (χ2v) is 5.07. The number of ether oxygens (including phenoxy) is 1. The summed E-state index contributed by atoms with van der Waals surface area (Å²) in [6.45, 7) is 2.99. The molecule has 4 heteroatoms. The van der Waals surface area contributed by atoms with Gasteiger partial charge in [0.15, 0.2) is 0 Å². The molecule has 0 spiro atoms. The number of hydrogen-bond acceptors (Lipinski definition) is 4. The average Bonchev–Trinajstić information content (AvgIpc) is 2.49. The summed E-state index contributed by atoms with van der Waals surface area (Å²) >= 11 is 1.77. The molecule has 1 N–H and O–H groups in total. The second kappa shape index (κ2) is 4.38. The number of rotatable bonds is 4. The summed E-state index contributed by atoms with van der Waals surface area (Å²) in [5, 5.41) is 4.65. The fraction of sp³-hybridized carbons (Fsp3) is 0.700. The maximum atomic E-state index is 5.22. The Kier molecular flexibility index (Phi) is 3.15. The van der Waals surface area contributed by atoms with E-state index >= 15 is 0 Å². The molecule has 1 aliphatic carbocycles. The fourth-order valence-electron chi connectivity index (χ4n) is 1.66. The highest BCUT2D eigenvalue weighted by atomic mass is 32.1. The van der Waals surface area contributed by atoms with Crippen molar-refractivity contribution in [3.8, 4) is 0 Å². The van der Waals surface area contributed by atoms with Gasteiger partial charge in [-0.2, -0.15) is 0 Å². The lowest BCUT2D eigenvalue weighted by Gasteiger charge is -2.34. The first-order valence-corrected chi connectivity index (χ1v) is 5.77. The summed E-state index contributed by atoms with van der Waals surface area (Å²) < 4.78 is 5.22. The first-order chi connectivity index (χ1) is 6.78. The Labute approximate surface area is 88.5 Å². The van der Waals surface area contributed by atoms with E-state index in [1.165, 1.54) is 4.88 Å². The minimum absolute atomic E-state index is 0.482. The maximum Gasteiger partial charge on any atom is 0.0897 e. The van der Waals surface area contributed by atoms with Crippen LogP contribution in [0.4, 0.5) is 0 Å². The first-order valence-electron chi connectivity index (χ1n) is 4.95. The van der Waals surface area contributed by atoms with Gasteiger partial charge < -0.3 is 10.1 Å². The molecule has 3 nitrogen and oxygen atoms in total. The summed E-state index contributed by atoms with van der Waals surface area (Å²) in [6.07, 6.45) is 4.73. The van der Waals surface area contributed by atoms with E-state index in [1.54, 1.807) is 18.4 Å². The molecule has 0 radical (unpaired) electrons. The Morgan fingerprint density at radius 3 is 3.00 bits per heavy atom. The van der Waals surface area contributed by atoms with Crippen molar-refractivity contribution in [1.29, 1.82) is 0 Å². The van der Waals surface area contributed by atoms with Gasteiger partial charge >= 0.3 is 0 Å². The smallest absolute Gasteiger partial charge is 0.0897 e. The first kappa shape index (κ1) is 10.1. The molecule has 0 amide bonds. The van der Waals surface area contributed by atoms with E-state index < -0.39 is 0 Å². The van der Waals surface area contributed by atoms with Crippen molar-refractivity contribution in [2.75, 3.05) is 7.11 Å². The van der Waals surface area contributed by atoms with Crippen molar-refractivity contribution in [2.45, 2.75) is 38.5 Å². The number of methoxy groups -OCH3 is 1. The van der Waals surface area contributed by atoms with Crippen LogP contribution in [0.1, 0.15) is 22.7 Å². The standard InChI is InChI=1S/C10H16N2OS/c1-7-11-5-10(14-7)6-12-8-3-9(4-8)13-2/h5,8-9,12H,3-4,6H2,1-2H3. The van der Waals surface area contributed by atoms with Crippen LogP contribution in [0.2, 0.25) is 0 Å². The predicted octanol–water partition coefficient (Wildman–Crippen LogP) is 1.72. The molecular weight excluding hydrogens is 196 g/mol. The summed E-state index contributed by atoms with van der Waals surface area (Å²) in [4.78, 5) is 5.55. The van der Waals surface area contributed by atoms with E-state index in [2.05, 4.69) is 10.3 Å². The van der Waals surface area contributed by atoms with Crippen LogP contribution in [0.25, 0.3) is 0 Å². The molecule has 1 aromatic heterocycles. The van der Waals surface area contributed by atoms with Crippen molar-refractivity contribution in [3.05, 3.63) is 16.1 Å². The van der Waals surface area contributed by atoms with Crippen molar-refractivity contribution < 1.29 is 4.74 Å². The maximum absolute atomic E-state index is 5.22. The van der Waals surface area contributed by atoms with E-state index in [0.717, 1.165) is 24.4 Å². The largest absolute Gasteiger partial charge is 0.381 e. The third-order valence-corrected chi connectivity index (χ3v) is 3.58. The quantitative estimate of drug-likeness (QED) is 0.825. The van der Waals surface area contributed by atoms with Gasteiger partial charge in [0.05, 0.1) is 11.1 Å². The summed E-state index contributed by atoms with van der Waals surface area (Å²) in [7, 11) is 1.79. The minimum atomic E-state index is 0.482. The van der Waals surface area contributed by atoms with E-state index in [-0.39, 0.29) is 0 Å². The van der Waals surface area contributed by atoms with Gasteiger partial charge in [-0.1, -0.05) is 0 Å². The zero-order chi connectivity index (χ0) is 9.97. The zero-order valence-electron chi connectivity index (χ0n) is 8.62. The van der Waals surface area contributed by atoms with Crippen LogP contribution in [-0.2, 0) is 11.3 Å². The average molecular weight is 212 g/mol. The molecule has 78 valence electrons. The lowest BCUT2D eigenvalue weighted by molar-refractivity contribution is 0.0170. The van der Waals surface area contributed by atoms with Crippen LogP contribution in [-0.4, -0.2) is 24.2 Å². The van der Waals surface area contributed by atoms with Crippen LogP contribution in [0.15, 0.2) is 6.20 Å². The molecule has 1 aliphatic rings. The molecule has 1 saturated carbocycles. The minimum Gasteiger partial charge on any atom is -0.381 e. The van der Waals surface area contributed by atoms with E-state index in [1.807, 2.05) is 13.1 Å². The molecule has 1 fully saturated rings. The molecule has 0 bridgehead atoms. The highest BCUT2D eigenvalue weighted by Gasteiger charge is 2.28. The highest BCUT2D eigenvalue weighted by Crippen LogP contribution is 2.23. The molecule has 0 aromatic carbocycles. The Morgan fingerprint density at radius 2 is 2.43 bits per heavy atom. The van der Waals surface area contributed by atoms with Crippen molar-refractivity contribution >= 4 is 11.3 Å². The molecule has 0 saturated heterocycles. The SMILES string of the molecule is COC1CC(NCc2cnc(C)s2)C1. The molecule has 14 heavy (non-hydrogen) atoms. The lowest BCUT2D eigenvalue weighted by atomic mass is 9.89. The van der Waals surface area contributed by atoms with Gasteiger partial charge in [0.2, 0.25) is 0 Å².